The van der Waals surface area contributed by atoms with Gasteiger partial charge in [0.25, 0.3) is 5.69 Å². The number of nitro groups is 1. The zero-order valence-electron chi connectivity index (χ0n) is 16.3. The number of nitrogens with one attached hydrogen (secondary N) is 1. The van der Waals surface area contributed by atoms with Crippen molar-refractivity contribution in [3.05, 3.63) is 89.4 Å². The number of benzene rings is 2. The second-order valence-corrected chi connectivity index (χ2v) is 6.57. The smallest absolute Gasteiger partial charge is 0.269 e. The molecule has 2 aromatic carbocycles. The molecule has 2 heterocycles. The van der Waals surface area contributed by atoms with Crippen LogP contribution in [0.25, 0.3) is 16.9 Å². The number of carbonyl (C=O) groups is 1. The van der Waals surface area contributed by atoms with Gasteiger partial charge in [-0.15, -0.1) is 0 Å². The summed E-state index contributed by atoms with van der Waals surface area (Å²) >= 11 is 0. The van der Waals surface area contributed by atoms with Gasteiger partial charge in [0.1, 0.15) is 11.6 Å². The minimum absolute atomic E-state index is 0.0207. The molecule has 0 radical (unpaired) electrons. The molecule has 0 atom stereocenters. The van der Waals surface area contributed by atoms with Crippen LogP contribution in [-0.2, 0) is 4.79 Å². The molecule has 0 saturated heterocycles. The Morgan fingerprint density at radius 1 is 1.13 bits per heavy atom. The van der Waals surface area contributed by atoms with Gasteiger partial charge < -0.3 is 14.5 Å². The largest absolute Gasteiger partial charge is 0.493 e. The number of hydrogen-bond acceptors (Lipinski definition) is 6. The fraction of sp³-hybridized carbons (Fsp3) is 0.0909. The standard InChI is InChI=1S/C22H18N4O5/c27-22(11-13-31-19-8-6-18(7-9-19)26(28)29)23-21-14-20(16-10-12-30-15-16)24-25(21)17-4-2-1-3-5-17/h1-10,12,14-15H,11,13H2,(H,23,27). The average Bonchev–Trinajstić information content (AvgIpc) is 3.45. The van der Waals surface area contributed by atoms with Crippen molar-refractivity contribution in [1.82, 2.24) is 9.78 Å². The Morgan fingerprint density at radius 3 is 2.58 bits per heavy atom. The first kappa shape index (κ1) is 19.9. The maximum absolute atomic E-state index is 12.5. The van der Waals surface area contributed by atoms with E-state index in [2.05, 4.69) is 10.4 Å². The zero-order valence-corrected chi connectivity index (χ0v) is 16.3. The molecule has 0 fully saturated rings. The number of para-hydroxylation sites is 1. The molecule has 0 bridgehead atoms. The van der Waals surface area contributed by atoms with Crippen molar-refractivity contribution >= 4 is 17.4 Å². The topological polar surface area (TPSA) is 112 Å². The Morgan fingerprint density at radius 2 is 1.90 bits per heavy atom. The minimum Gasteiger partial charge on any atom is -0.493 e. The summed E-state index contributed by atoms with van der Waals surface area (Å²) in [7, 11) is 0. The number of non-ortho nitro benzene ring substituents is 1. The van der Waals surface area contributed by atoms with Gasteiger partial charge in [-0.25, -0.2) is 4.68 Å². The van der Waals surface area contributed by atoms with E-state index in [1.165, 1.54) is 24.3 Å². The van der Waals surface area contributed by atoms with Crippen molar-refractivity contribution in [3.63, 3.8) is 0 Å². The predicted molar refractivity (Wildman–Crippen MR) is 113 cm³/mol. The maximum Gasteiger partial charge on any atom is 0.269 e. The quantitative estimate of drug-likeness (QED) is 0.334. The molecule has 0 saturated carbocycles. The Hall–Kier alpha value is -4.40. The molecule has 9 heteroatoms. The van der Waals surface area contributed by atoms with Crippen molar-refractivity contribution in [2.24, 2.45) is 0 Å². The van der Waals surface area contributed by atoms with Gasteiger partial charge in [-0.3, -0.25) is 14.9 Å². The lowest BCUT2D eigenvalue weighted by molar-refractivity contribution is -0.384. The molecular formula is C22H18N4O5. The molecule has 0 aliphatic rings. The molecule has 1 amide bonds. The van der Waals surface area contributed by atoms with Crippen LogP contribution in [0.4, 0.5) is 11.5 Å². The van der Waals surface area contributed by atoms with Gasteiger partial charge in [-0.2, -0.15) is 5.10 Å². The highest BCUT2D eigenvalue weighted by Crippen LogP contribution is 2.25. The van der Waals surface area contributed by atoms with Gasteiger partial charge in [0.05, 0.1) is 41.9 Å². The van der Waals surface area contributed by atoms with Crippen LogP contribution in [0.5, 0.6) is 5.75 Å². The first-order valence-corrected chi connectivity index (χ1v) is 9.45. The third-order valence-electron chi connectivity index (χ3n) is 4.44. The molecule has 156 valence electrons. The Bertz CT molecular complexity index is 1170. The van der Waals surface area contributed by atoms with Gasteiger partial charge in [-0.1, -0.05) is 18.2 Å². The number of rotatable bonds is 8. The number of aromatic nitrogens is 2. The third-order valence-corrected chi connectivity index (χ3v) is 4.44. The summed E-state index contributed by atoms with van der Waals surface area (Å²) in [5.41, 5.74) is 2.24. The van der Waals surface area contributed by atoms with Gasteiger partial charge >= 0.3 is 0 Å². The van der Waals surface area contributed by atoms with Crippen molar-refractivity contribution in [3.8, 4) is 22.7 Å². The SMILES string of the molecule is O=C(CCOc1ccc([N+](=O)[O-])cc1)Nc1cc(-c2ccoc2)nn1-c1ccccc1. The molecule has 31 heavy (non-hydrogen) atoms. The van der Waals surface area contributed by atoms with Crippen LogP contribution in [0.2, 0.25) is 0 Å². The lowest BCUT2D eigenvalue weighted by Crippen LogP contribution is -2.17. The lowest BCUT2D eigenvalue weighted by atomic mass is 10.2. The summed E-state index contributed by atoms with van der Waals surface area (Å²) in [6, 6.07) is 18.7. The first-order chi connectivity index (χ1) is 15.1. The number of anilines is 1. The second kappa shape index (κ2) is 8.95. The molecule has 4 rings (SSSR count). The molecule has 0 aliphatic carbocycles. The van der Waals surface area contributed by atoms with E-state index in [9.17, 15) is 14.9 Å². The van der Waals surface area contributed by atoms with Crippen LogP contribution in [-0.4, -0.2) is 27.2 Å². The van der Waals surface area contributed by atoms with E-state index < -0.39 is 4.92 Å². The van der Waals surface area contributed by atoms with Crippen LogP contribution in [0, 0.1) is 10.1 Å². The van der Waals surface area contributed by atoms with E-state index >= 15 is 0 Å². The number of ether oxygens (including phenoxy) is 1. The van der Waals surface area contributed by atoms with Crippen molar-refractivity contribution in [1.29, 1.82) is 0 Å². The third kappa shape index (κ3) is 4.78. The van der Waals surface area contributed by atoms with E-state index in [4.69, 9.17) is 9.15 Å². The Labute approximate surface area is 177 Å². The number of carbonyl (C=O) groups excluding carboxylic acids is 1. The van der Waals surface area contributed by atoms with Gasteiger partial charge in [0.15, 0.2) is 0 Å². The van der Waals surface area contributed by atoms with Crippen LogP contribution >= 0.6 is 0 Å². The van der Waals surface area contributed by atoms with E-state index in [0.717, 1.165) is 11.3 Å². The highest BCUT2D eigenvalue weighted by molar-refractivity contribution is 5.91. The summed E-state index contributed by atoms with van der Waals surface area (Å²) in [5.74, 6) is 0.718. The zero-order chi connectivity index (χ0) is 21.6. The Balaban J connectivity index is 1.43. The van der Waals surface area contributed by atoms with E-state index in [1.54, 1.807) is 29.3 Å². The average molecular weight is 418 g/mol. The van der Waals surface area contributed by atoms with E-state index in [-0.39, 0.29) is 24.6 Å². The van der Waals surface area contributed by atoms with Gasteiger partial charge in [0.2, 0.25) is 5.91 Å². The molecule has 9 nitrogen and oxygen atoms in total. The number of hydrogen-bond donors (Lipinski definition) is 1. The Kier molecular flexibility index (Phi) is 5.75. The number of amides is 1. The van der Waals surface area contributed by atoms with E-state index in [1.807, 2.05) is 30.3 Å². The van der Waals surface area contributed by atoms with Crippen LogP contribution < -0.4 is 10.1 Å². The fourth-order valence-corrected chi connectivity index (χ4v) is 2.92. The molecule has 2 aromatic heterocycles. The summed E-state index contributed by atoms with van der Waals surface area (Å²) in [5, 5.41) is 18.1. The highest BCUT2D eigenvalue weighted by atomic mass is 16.6. The van der Waals surface area contributed by atoms with Crippen LogP contribution in [0.1, 0.15) is 6.42 Å². The molecule has 0 spiro atoms. The van der Waals surface area contributed by atoms with Crippen LogP contribution in [0.15, 0.2) is 83.7 Å². The number of furan rings is 1. The normalized spacial score (nSPS) is 10.6. The summed E-state index contributed by atoms with van der Waals surface area (Å²) in [6.45, 7) is 0.123. The van der Waals surface area contributed by atoms with E-state index in [0.29, 0.717) is 17.3 Å². The number of nitrogens with zero attached hydrogens (tertiary/aromatic N) is 3. The lowest BCUT2D eigenvalue weighted by Gasteiger charge is -2.09. The molecule has 0 aliphatic heterocycles. The van der Waals surface area contributed by atoms with Gasteiger partial charge in [-0.05, 0) is 30.3 Å². The van der Waals surface area contributed by atoms with Gasteiger partial charge in [0, 0.05) is 23.8 Å². The molecule has 0 unspecified atom stereocenters. The van der Waals surface area contributed by atoms with Crippen LogP contribution in [0.3, 0.4) is 0 Å². The van der Waals surface area contributed by atoms with Crippen molar-refractivity contribution in [2.45, 2.75) is 6.42 Å². The van der Waals surface area contributed by atoms with Crippen molar-refractivity contribution < 1.29 is 18.9 Å². The summed E-state index contributed by atoms with van der Waals surface area (Å²) in [4.78, 5) is 22.7. The molecule has 1 N–H and O–H groups in total. The second-order valence-electron chi connectivity index (χ2n) is 6.57. The monoisotopic (exact) mass is 418 g/mol. The molecular weight excluding hydrogens is 400 g/mol. The first-order valence-electron chi connectivity index (χ1n) is 9.45. The fourth-order valence-electron chi connectivity index (χ4n) is 2.92. The molecule has 4 aromatic rings. The maximum atomic E-state index is 12.5. The minimum atomic E-state index is -0.481. The highest BCUT2D eigenvalue weighted by Gasteiger charge is 2.14. The predicted octanol–water partition coefficient (Wildman–Crippen LogP) is 4.45. The van der Waals surface area contributed by atoms with Crippen molar-refractivity contribution in [2.75, 3.05) is 11.9 Å². The summed E-state index contributed by atoms with van der Waals surface area (Å²) < 4.78 is 12.3. The number of nitro benzene ring substituents is 1. The summed E-state index contributed by atoms with van der Waals surface area (Å²) in [6.07, 6.45) is 3.24.